The van der Waals surface area contributed by atoms with Crippen LogP contribution in [0.5, 0.6) is 11.5 Å². The molecule has 1 N–H and O–H groups in total. The normalized spacial score (nSPS) is 15.6. The largest absolute Gasteiger partial charge is 0.573 e. The van der Waals surface area contributed by atoms with E-state index in [4.69, 9.17) is 4.74 Å². The number of halogens is 6. The summed E-state index contributed by atoms with van der Waals surface area (Å²) in [6.45, 7) is 3.03. The van der Waals surface area contributed by atoms with Crippen LogP contribution >= 0.6 is 24.8 Å². The van der Waals surface area contributed by atoms with E-state index in [0.29, 0.717) is 5.56 Å². The van der Waals surface area contributed by atoms with Crippen LogP contribution in [0.4, 0.5) is 17.6 Å². The van der Waals surface area contributed by atoms with E-state index >= 15 is 0 Å². The minimum atomic E-state index is -4.74. The number of benzene rings is 2. The van der Waals surface area contributed by atoms with E-state index in [1.807, 2.05) is 0 Å². The summed E-state index contributed by atoms with van der Waals surface area (Å²) in [5.74, 6) is -0.620. The van der Waals surface area contributed by atoms with Crippen molar-refractivity contribution in [2.24, 2.45) is 0 Å². The molecular formula is C19H22Cl2F4N2O2. The molecule has 4 nitrogen and oxygen atoms in total. The van der Waals surface area contributed by atoms with Gasteiger partial charge in [-0.25, -0.2) is 4.39 Å². The summed E-state index contributed by atoms with van der Waals surface area (Å²) >= 11 is 0. The van der Waals surface area contributed by atoms with Gasteiger partial charge in [0.25, 0.3) is 0 Å². The van der Waals surface area contributed by atoms with Crippen molar-refractivity contribution in [1.82, 2.24) is 10.2 Å². The third kappa shape index (κ3) is 6.64. The Balaban J connectivity index is 0.00000210. The number of alkyl halides is 3. The van der Waals surface area contributed by atoms with Crippen LogP contribution in [0.1, 0.15) is 17.2 Å². The first-order valence-corrected chi connectivity index (χ1v) is 8.51. The first kappa shape index (κ1) is 25.3. The smallest absolute Gasteiger partial charge is 0.494 e. The van der Waals surface area contributed by atoms with Crippen molar-refractivity contribution in [2.45, 2.75) is 12.4 Å². The van der Waals surface area contributed by atoms with E-state index < -0.39 is 12.2 Å². The van der Waals surface area contributed by atoms with Crippen molar-refractivity contribution < 1.29 is 27.0 Å². The van der Waals surface area contributed by atoms with Gasteiger partial charge in [-0.15, -0.1) is 38.0 Å². The molecule has 0 radical (unpaired) electrons. The lowest BCUT2D eigenvalue weighted by Gasteiger charge is -2.35. The van der Waals surface area contributed by atoms with Crippen LogP contribution < -0.4 is 14.8 Å². The maximum atomic E-state index is 14.2. The highest BCUT2D eigenvalue weighted by molar-refractivity contribution is 5.85. The van der Waals surface area contributed by atoms with Gasteiger partial charge in [0, 0.05) is 26.2 Å². The Labute approximate surface area is 179 Å². The summed E-state index contributed by atoms with van der Waals surface area (Å²) in [6, 6.07) is 10.2. The highest BCUT2D eigenvalue weighted by atomic mass is 35.5. The summed E-state index contributed by atoms with van der Waals surface area (Å²) in [5.41, 5.74) is 1.47. The van der Waals surface area contributed by atoms with E-state index in [0.717, 1.165) is 31.7 Å². The van der Waals surface area contributed by atoms with Crippen molar-refractivity contribution in [3.63, 3.8) is 0 Å². The van der Waals surface area contributed by atoms with Gasteiger partial charge in [-0.05, 0) is 35.4 Å². The molecule has 0 unspecified atom stereocenters. The van der Waals surface area contributed by atoms with Crippen molar-refractivity contribution in [3.05, 3.63) is 59.4 Å². The standard InChI is InChI=1S/C19H20F4N2O2.2ClH/c1-26-17-7-4-14(12-16(17)20)18(25-10-8-24-9-11-25)13-2-5-15(6-3-13)27-19(21,22)23;;/h2-7,12,18,24H,8-11H2,1H3;2*1H/t18-;;/m0../s1. The van der Waals surface area contributed by atoms with Gasteiger partial charge in [0.1, 0.15) is 5.75 Å². The molecule has 3 rings (SSSR count). The van der Waals surface area contributed by atoms with E-state index in [-0.39, 0.29) is 42.4 Å². The quantitative estimate of drug-likeness (QED) is 0.668. The van der Waals surface area contributed by atoms with E-state index in [9.17, 15) is 17.6 Å². The first-order chi connectivity index (χ1) is 12.9. The maximum absolute atomic E-state index is 14.2. The van der Waals surface area contributed by atoms with E-state index in [1.165, 1.54) is 25.3 Å². The van der Waals surface area contributed by atoms with Crippen LogP contribution in [0.3, 0.4) is 0 Å². The third-order valence-electron chi connectivity index (χ3n) is 4.44. The number of nitrogens with zero attached hydrogens (tertiary/aromatic N) is 1. The van der Waals surface area contributed by atoms with Gasteiger partial charge in [-0.1, -0.05) is 18.2 Å². The second kappa shape index (κ2) is 10.9. The summed E-state index contributed by atoms with van der Waals surface area (Å²) in [6.07, 6.45) is -4.74. The SMILES string of the molecule is COc1ccc([C@H](c2ccc(OC(F)(F)F)cc2)N2CCNCC2)cc1F.Cl.Cl. The number of ether oxygens (including phenoxy) is 2. The van der Waals surface area contributed by atoms with Crippen LogP contribution in [0.2, 0.25) is 0 Å². The topological polar surface area (TPSA) is 33.7 Å². The Kier molecular flexibility index (Phi) is 9.48. The molecule has 0 aliphatic carbocycles. The number of nitrogens with one attached hydrogen (secondary N) is 1. The zero-order valence-corrected chi connectivity index (χ0v) is 17.2. The lowest BCUT2D eigenvalue weighted by atomic mass is 9.96. The molecule has 10 heteroatoms. The summed E-state index contributed by atoms with van der Waals surface area (Å²) in [4.78, 5) is 2.16. The minimum absolute atomic E-state index is 0. The van der Waals surface area contributed by atoms with Crippen LogP contribution in [-0.2, 0) is 0 Å². The van der Waals surface area contributed by atoms with Gasteiger partial charge in [-0.2, -0.15) is 0 Å². The monoisotopic (exact) mass is 456 g/mol. The maximum Gasteiger partial charge on any atom is 0.573 e. The highest BCUT2D eigenvalue weighted by Crippen LogP contribution is 2.33. The molecule has 1 atom stereocenters. The average molecular weight is 457 g/mol. The zero-order chi connectivity index (χ0) is 19.4. The molecule has 1 heterocycles. The summed E-state index contributed by atoms with van der Waals surface area (Å²) < 4.78 is 60.3. The molecule has 1 aliphatic rings. The Morgan fingerprint density at radius 3 is 2.07 bits per heavy atom. The second-order valence-corrected chi connectivity index (χ2v) is 6.20. The van der Waals surface area contributed by atoms with E-state index in [2.05, 4.69) is 15.0 Å². The van der Waals surface area contributed by atoms with Gasteiger partial charge in [0.2, 0.25) is 0 Å². The molecule has 0 bridgehead atoms. The minimum Gasteiger partial charge on any atom is -0.494 e. The van der Waals surface area contributed by atoms with Gasteiger partial charge in [0.15, 0.2) is 11.6 Å². The molecular weight excluding hydrogens is 435 g/mol. The molecule has 0 saturated carbocycles. The van der Waals surface area contributed by atoms with Crippen LogP contribution in [0, 0.1) is 5.82 Å². The van der Waals surface area contributed by atoms with Crippen LogP contribution in [-0.4, -0.2) is 44.6 Å². The fourth-order valence-electron chi connectivity index (χ4n) is 3.26. The fourth-order valence-corrected chi connectivity index (χ4v) is 3.26. The van der Waals surface area contributed by atoms with Crippen molar-refractivity contribution in [2.75, 3.05) is 33.3 Å². The Hall–Kier alpha value is -1.74. The first-order valence-electron chi connectivity index (χ1n) is 8.51. The number of rotatable bonds is 5. The van der Waals surface area contributed by atoms with Gasteiger partial charge >= 0.3 is 6.36 Å². The van der Waals surface area contributed by atoms with E-state index in [1.54, 1.807) is 24.3 Å². The van der Waals surface area contributed by atoms with Crippen LogP contribution in [0.25, 0.3) is 0 Å². The average Bonchev–Trinajstić information content (AvgIpc) is 2.63. The van der Waals surface area contributed by atoms with Gasteiger partial charge < -0.3 is 14.8 Å². The predicted octanol–water partition coefficient (Wildman–Crippen LogP) is 4.57. The molecule has 29 heavy (non-hydrogen) atoms. The Bertz CT molecular complexity index is 770. The highest BCUT2D eigenvalue weighted by Gasteiger charge is 2.31. The Morgan fingerprint density at radius 1 is 0.966 bits per heavy atom. The molecule has 1 aliphatic heterocycles. The zero-order valence-electron chi connectivity index (χ0n) is 15.5. The molecule has 0 aromatic heterocycles. The number of hydrogen-bond acceptors (Lipinski definition) is 4. The molecule has 2 aromatic carbocycles. The van der Waals surface area contributed by atoms with Gasteiger partial charge in [-0.3, -0.25) is 4.90 Å². The predicted molar refractivity (Wildman–Crippen MR) is 107 cm³/mol. The molecule has 2 aromatic rings. The van der Waals surface area contributed by atoms with Gasteiger partial charge in [0.05, 0.1) is 13.2 Å². The molecule has 1 fully saturated rings. The second-order valence-electron chi connectivity index (χ2n) is 6.20. The number of hydrogen-bond donors (Lipinski definition) is 1. The lowest BCUT2D eigenvalue weighted by Crippen LogP contribution is -2.45. The van der Waals surface area contributed by atoms with Crippen molar-refractivity contribution >= 4 is 24.8 Å². The number of methoxy groups -OCH3 is 1. The molecule has 162 valence electrons. The fraction of sp³-hybridized carbons (Fsp3) is 0.368. The molecule has 0 amide bonds. The Morgan fingerprint density at radius 2 is 1.55 bits per heavy atom. The van der Waals surface area contributed by atoms with Crippen LogP contribution in [0.15, 0.2) is 42.5 Å². The summed E-state index contributed by atoms with van der Waals surface area (Å²) in [7, 11) is 1.39. The third-order valence-corrected chi connectivity index (χ3v) is 4.44. The summed E-state index contributed by atoms with van der Waals surface area (Å²) in [5, 5.41) is 3.26. The van der Waals surface area contributed by atoms with Crippen molar-refractivity contribution in [3.8, 4) is 11.5 Å². The number of piperazine rings is 1. The lowest BCUT2D eigenvalue weighted by molar-refractivity contribution is -0.274. The van der Waals surface area contributed by atoms with Crippen molar-refractivity contribution in [1.29, 1.82) is 0 Å². The molecule has 1 saturated heterocycles. The molecule has 0 spiro atoms.